The maximum Gasteiger partial charge on any atom is 0.147 e. The summed E-state index contributed by atoms with van der Waals surface area (Å²) in [5, 5.41) is 0. The molecule has 1 aliphatic rings. The van der Waals surface area contributed by atoms with E-state index in [-0.39, 0.29) is 17.5 Å². The quantitative estimate of drug-likeness (QED) is 0.832. The van der Waals surface area contributed by atoms with Crippen LogP contribution in [0.4, 0.5) is 0 Å². The molecular weight excluding hydrogens is 260 g/mol. The van der Waals surface area contributed by atoms with Gasteiger partial charge in [0, 0.05) is 18.6 Å². The standard InChI is InChI=1S/C15H20O3S/c1-19(17,18)11-5-10-15(16)14-9-4-7-12-6-2-3-8-13(12)14/h2-3,6,8,14H,4-5,7,9-11H2,1H3. The van der Waals surface area contributed by atoms with Gasteiger partial charge < -0.3 is 0 Å². The van der Waals surface area contributed by atoms with Gasteiger partial charge in [0.2, 0.25) is 0 Å². The van der Waals surface area contributed by atoms with Gasteiger partial charge >= 0.3 is 0 Å². The molecule has 0 aromatic heterocycles. The Balaban J connectivity index is 2.01. The minimum atomic E-state index is -2.96. The number of carbonyl (C=O) groups is 1. The van der Waals surface area contributed by atoms with Gasteiger partial charge in [-0.1, -0.05) is 24.3 Å². The SMILES string of the molecule is CS(=O)(=O)CCCC(=O)C1CCCc2ccccc21. The largest absolute Gasteiger partial charge is 0.299 e. The molecule has 0 heterocycles. The molecular formula is C15H20O3S. The Kier molecular flexibility index (Phi) is 4.40. The van der Waals surface area contributed by atoms with Crippen LogP contribution in [-0.2, 0) is 21.1 Å². The average Bonchev–Trinajstić information content (AvgIpc) is 2.36. The van der Waals surface area contributed by atoms with Crippen LogP contribution in [0.1, 0.15) is 42.7 Å². The van der Waals surface area contributed by atoms with Crippen LogP contribution in [-0.4, -0.2) is 26.2 Å². The third-order valence-corrected chi connectivity index (χ3v) is 4.73. The summed E-state index contributed by atoms with van der Waals surface area (Å²) in [6, 6.07) is 8.11. The van der Waals surface area contributed by atoms with E-state index in [0.29, 0.717) is 12.8 Å². The van der Waals surface area contributed by atoms with Crippen molar-refractivity contribution >= 4 is 15.6 Å². The van der Waals surface area contributed by atoms with E-state index in [9.17, 15) is 13.2 Å². The number of rotatable bonds is 5. The first-order chi connectivity index (χ1) is 8.97. The first kappa shape index (κ1) is 14.3. The normalized spacial score (nSPS) is 18.9. The molecule has 0 spiro atoms. The Morgan fingerprint density at radius 3 is 2.79 bits per heavy atom. The summed E-state index contributed by atoms with van der Waals surface area (Å²) in [6.45, 7) is 0. The lowest BCUT2D eigenvalue weighted by Crippen LogP contribution is -2.19. The van der Waals surface area contributed by atoms with Crippen molar-refractivity contribution in [2.45, 2.75) is 38.0 Å². The minimum absolute atomic E-state index is 0.0236. The molecule has 4 heteroatoms. The van der Waals surface area contributed by atoms with Gasteiger partial charge in [-0.15, -0.1) is 0 Å². The van der Waals surface area contributed by atoms with Crippen molar-refractivity contribution in [3.8, 4) is 0 Å². The molecule has 0 radical (unpaired) electrons. The van der Waals surface area contributed by atoms with E-state index < -0.39 is 9.84 Å². The lowest BCUT2D eigenvalue weighted by Gasteiger charge is -2.24. The Hall–Kier alpha value is -1.16. The summed E-state index contributed by atoms with van der Waals surface area (Å²) in [6.07, 6.45) is 5.01. The Bertz CT molecular complexity index is 561. The van der Waals surface area contributed by atoms with E-state index in [0.717, 1.165) is 24.8 Å². The summed E-state index contributed by atoms with van der Waals surface area (Å²) in [5.41, 5.74) is 2.42. The highest BCUT2D eigenvalue weighted by Crippen LogP contribution is 2.33. The zero-order valence-electron chi connectivity index (χ0n) is 11.3. The molecule has 1 aliphatic carbocycles. The van der Waals surface area contributed by atoms with Crippen LogP contribution in [0, 0.1) is 0 Å². The molecule has 1 aromatic carbocycles. The lowest BCUT2D eigenvalue weighted by atomic mass is 9.79. The highest BCUT2D eigenvalue weighted by atomic mass is 32.2. The summed E-state index contributed by atoms with van der Waals surface area (Å²) >= 11 is 0. The van der Waals surface area contributed by atoms with Crippen molar-refractivity contribution in [3.05, 3.63) is 35.4 Å². The van der Waals surface area contributed by atoms with Crippen LogP contribution in [0.5, 0.6) is 0 Å². The molecule has 1 atom stereocenters. The highest BCUT2D eigenvalue weighted by molar-refractivity contribution is 7.90. The molecule has 0 N–H and O–H groups in total. The number of carbonyl (C=O) groups excluding carboxylic acids is 1. The number of Topliss-reactive ketones (excluding diaryl/α,β-unsaturated/α-hetero) is 1. The molecule has 0 fully saturated rings. The second-order valence-corrected chi connectivity index (χ2v) is 7.60. The third-order valence-electron chi connectivity index (χ3n) is 3.70. The van der Waals surface area contributed by atoms with Crippen molar-refractivity contribution in [1.29, 1.82) is 0 Å². The zero-order valence-corrected chi connectivity index (χ0v) is 12.1. The fourth-order valence-electron chi connectivity index (χ4n) is 2.77. The van der Waals surface area contributed by atoms with Crippen LogP contribution in [0.2, 0.25) is 0 Å². The highest BCUT2D eigenvalue weighted by Gasteiger charge is 2.25. The average molecular weight is 280 g/mol. The predicted octanol–water partition coefficient (Wildman–Crippen LogP) is 2.50. The number of ketones is 1. The number of fused-ring (bicyclic) bond motifs is 1. The number of benzene rings is 1. The minimum Gasteiger partial charge on any atom is -0.299 e. The number of aryl methyl sites for hydroxylation is 1. The van der Waals surface area contributed by atoms with E-state index in [1.54, 1.807) is 0 Å². The van der Waals surface area contributed by atoms with E-state index in [4.69, 9.17) is 0 Å². The zero-order chi connectivity index (χ0) is 13.9. The Labute approximate surface area is 114 Å². The van der Waals surface area contributed by atoms with Gasteiger partial charge in [0.25, 0.3) is 0 Å². The van der Waals surface area contributed by atoms with Gasteiger partial charge in [0.15, 0.2) is 0 Å². The molecule has 2 rings (SSSR count). The maximum absolute atomic E-state index is 12.3. The number of sulfone groups is 1. The molecule has 0 amide bonds. The van der Waals surface area contributed by atoms with Crippen LogP contribution >= 0.6 is 0 Å². The van der Waals surface area contributed by atoms with Crippen LogP contribution in [0.15, 0.2) is 24.3 Å². The summed E-state index contributed by atoms with van der Waals surface area (Å²) in [7, 11) is -2.96. The van der Waals surface area contributed by atoms with E-state index in [2.05, 4.69) is 6.07 Å². The van der Waals surface area contributed by atoms with Crippen molar-refractivity contribution in [2.75, 3.05) is 12.0 Å². The molecule has 0 bridgehead atoms. The maximum atomic E-state index is 12.3. The molecule has 3 nitrogen and oxygen atoms in total. The first-order valence-electron chi connectivity index (χ1n) is 6.75. The first-order valence-corrected chi connectivity index (χ1v) is 8.81. The molecule has 0 saturated heterocycles. The topological polar surface area (TPSA) is 51.2 Å². The summed E-state index contributed by atoms with van der Waals surface area (Å²) < 4.78 is 22.2. The summed E-state index contributed by atoms with van der Waals surface area (Å²) in [4.78, 5) is 12.3. The molecule has 1 aromatic rings. The van der Waals surface area contributed by atoms with Gasteiger partial charge in [0.05, 0.1) is 5.75 Å². The molecule has 19 heavy (non-hydrogen) atoms. The van der Waals surface area contributed by atoms with E-state index in [1.807, 2.05) is 18.2 Å². The number of hydrogen-bond acceptors (Lipinski definition) is 3. The Morgan fingerprint density at radius 2 is 2.05 bits per heavy atom. The van der Waals surface area contributed by atoms with Gasteiger partial charge in [-0.3, -0.25) is 4.79 Å². The molecule has 1 unspecified atom stereocenters. The van der Waals surface area contributed by atoms with Crippen molar-refractivity contribution in [2.24, 2.45) is 0 Å². The Morgan fingerprint density at radius 1 is 1.32 bits per heavy atom. The van der Waals surface area contributed by atoms with Crippen molar-refractivity contribution in [3.63, 3.8) is 0 Å². The van der Waals surface area contributed by atoms with E-state index in [1.165, 1.54) is 11.8 Å². The van der Waals surface area contributed by atoms with Crippen LogP contribution in [0.3, 0.4) is 0 Å². The third kappa shape index (κ3) is 3.90. The van der Waals surface area contributed by atoms with Gasteiger partial charge in [-0.2, -0.15) is 0 Å². The van der Waals surface area contributed by atoms with Crippen molar-refractivity contribution < 1.29 is 13.2 Å². The lowest BCUT2D eigenvalue weighted by molar-refractivity contribution is -0.120. The molecule has 0 aliphatic heterocycles. The van der Waals surface area contributed by atoms with Gasteiger partial charge in [-0.05, 0) is 36.8 Å². The predicted molar refractivity (Wildman–Crippen MR) is 76.1 cm³/mol. The summed E-state index contributed by atoms with van der Waals surface area (Å²) in [5.74, 6) is 0.271. The van der Waals surface area contributed by atoms with Crippen molar-refractivity contribution in [1.82, 2.24) is 0 Å². The van der Waals surface area contributed by atoms with Gasteiger partial charge in [-0.25, -0.2) is 8.42 Å². The number of hydrogen-bond donors (Lipinski definition) is 0. The fourth-order valence-corrected chi connectivity index (χ4v) is 3.44. The van der Waals surface area contributed by atoms with Crippen LogP contribution in [0.25, 0.3) is 0 Å². The van der Waals surface area contributed by atoms with Crippen LogP contribution < -0.4 is 0 Å². The smallest absolute Gasteiger partial charge is 0.147 e. The second kappa shape index (κ2) is 5.87. The van der Waals surface area contributed by atoms with E-state index >= 15 is 0 Å². The monoisotopic (exact) mass is 280 g/mol. The van der Waals surface area contributed by atoms with Gasteiger partial charge in [0.1, 0.15) is 15.6 Å². The molecule has 104 valence electrons. The fraction of sp³-hybridized carbons (Fsp3) is 0.533. The second-order valence-electron chi connectivity index (χ2n) is 5.34. The molecule has 0 saturated carbocycles.